The van der Waals surface area contributed by atoms with Crippen LogP contribution in [-0.2, 0) is 9.53 Å². The predicted octanol–water partition coefficient (Wildman–Crippen LogP) is 2.18. The summed E-state index contributed by atoms with van der Waals surface area (Å²) in [5.41, 5.74) is 6.36. The first-order valence-electron chi connectivity index (χ1n) is 5.79. The Kier molecular flexibility index (Phi) is 5.58. The van der Waals surface area contributed by atoms with E-state index in [9.17, 15) is 9.18 Å². The minimum atomic E-state index is -0.442. The number of carbonyl (C=O) groups is 1. The molecule has 0 amide bonds. The van der Waals surface area contributed by atoms with Crippen molar-refractivity contribution in [1.29, 1.82) is 0 Å². The first-order valence-corrected chi connectivity index (χ1v) is 5.79. The highest BCUT2D eigenvalue weighted by atomic mass is 19.1. The molecule has 2 N–H and O–H groups in total. The van der Waals surface area contributed by atoms with Crippen LogP contribution in [0.3, 0.4) is 0 Å². The highest BCUT2D eigenvalue weighted by Crippen LogP contribution is 2.21. The summed E-state index contributed by atoms with van der Waals surface area (Å²) in [4.78, 5) is 10.8. The third-order valence-electron chi connectivity index (χ3n) is 2.49. The van der Waals surface area contributed by atoms with Crippen LogP contribution in [0.25, 0.3) is 0 Å². The van der Waals surface area contributed by atoms with E-state index in [-0.39, 0.29) is 30.8 Å². The molecule has 1 aromatic carbocycles. The first-order chi connectivity index (χ1) is 8.54. The maximum absolute atomic E-state index is 13.6. The smallest absolute Gasteiger partial charge is 0.305 e. The van der Waals surface area contributed by atoms with Crippen molar-refractivity contribution in [2.24, 2.45) is 5.73 Å². The van der Waals surface area contributed by atoms with Crippen molar-refractivity contribution in [1.82, 2.24) is 0 Å². The Balaban J connectivity index is 2.45. The van der Waals surface area contributed by atoms with Gasteiger partial charge < -0.3 is 15.2 Å². The maximum Gasteiger partial charge on any atom is 0.305 e. The molecule has 0 saturated carbocycles. The molecule has 0 aliphatic carbocycles. The zero-order chi connectivity index (χ0) is 13.5. The van der Waals surface area contributed by atoms with Gasteiger partial charge in [-0.3, -0.25) is 4.79 Å². The van der Waals surface area contributed by atoms with E-state index in [2.05, 4.69) is 4.74 Å². The molecule has 0 aliphatic rings. The normalized spacial score (nSPS) is 12.0. The SMILES string of the molecule is COC(=O)CCCOc1ccc(C(C)N)cc1F. The van der Waals surface area contributed by atoms with Crippen LogP contribution >= 0.6 is 0 Å². The number of methoxy groups -OCH3 is 1. The third kappa shape index (κ3) is 4.33. The number of rotatable bonds is 6. The third-order valence-corrected chi connectivity index (χ3v) is 2.49. The summed E-state index contributed by atoms with van der Waals surface area (Å²) in [5.74, 6) is -0.571. The Hall–Kier alpha value is -1.62. The lowest BCUT2D eigenvalue weighted by Crippen LogP contribution is -2.07. The molecule has 4 nitrogen and oxygen atoms in total. The van der Waals surface area contributed by atoms with E-state index in [1.165, 1.54) is 13.2 Å². The Labute approximate surface area is 106 Å². The molecule has 18 heavy (non-hydrogen) atoms. The van der Waals surface area contributed by atoms with Crippen molar-refractivity contribution in [3.63, 3.8) is 0 Å². The highest BCUT2D eigenvalue weighted by molar-refractivity contribution is 5.69. The molecule has 1 rings (SSSR count). The molecular weight excluding hydrogens is 237 g/mol. The zero-order valence-electron chi connectivity index (χ0n) is 10.6. The van der Waals surface area contributed by atoms with E-state index in [4.69, 9.17) is 10.5 Å². The van der Waals surface area contributed by atoms with Crippen molar-refractivity contribution >= 4 is 5.97 Å². The molecule has 0 aliphatic heterocycles. The Morgan fingerprint density at radius 3 is 2.78 bits per heavy atom. The van der Waals surface area contributed by atoms with Crippen LogP contribution in [-0.4, -0.2) is 19.7 Å². The van der Waals surface area contributed by atoms with E-state index in [1.54, 1.807) is 19.1 Å². The molecule has 0 spiro atoms. The van der Waals surface area contributed by atoms with Crippen molar-refractivity contribution in [2.45, 2.75) is 25.8 Å². The van der Waals surface area contributed by atoms with Crippen LogP contribution in [0, 0.1) is 5.82 Å². The van der Waals surface area contributed by atoms with E-state index >= 15 is 0 Å². The molecule has 0 radical (unpaired) electrons. The number of hydrogen-bond acceptors (Lipinski definition) is 4. The molecule has 0 aromatic heterocycles. The summed E-state index contributed by atoms with van der Waals surface area (Å²) in [6.45, 7) is 2.05. The van der Waals surface area contributed by atoms with E-state index < -0.39 is 5.82 Å². The maximum atomic E-state index is 13.6. The molecule has 5 heteroatoms. The molecule has 1 unspecified atom stereocenters. The van der Waals surface area contributed by atoms with Gasteiger partial charge in [0.25, 0.3) is 0 Å². The van der Waals surface area contributed by atoms with Gasteiger partial charge in [-0.05, 0) is 31.0 Å². The lowest BCUT2D eigenvalue weighted by molar-refractivity contribution is -0.140. The fraction of sp³-hybridized carbons (Fsp3) is 0.462. The summed E-state index contributed by atoms with van der Waals surface area (Å²) in [7, 11) is 1.33. The van der Waals surface area contributed by atoms with Crippen molar-refractivity contribution < 1.29 is 18.7 Å². The van der Waals surface area contributed by atoms with Gasteiger partial charge in [0.1, 0.15) is 0 Å². The lowest BCUT2D eigenvalue weighted by atomic mass is 10.1. The molecule has 100 valence electrons. The van der Waals surface area contributed by atoms with E-state index in [0.29, 0.717) is 6.42 Å². The van der Waals surface area contributed by atoms with Crippen molar-refractivity contribution in [3.8, 4) is 5.75 Å². The van der Waals surface area contributed by atoms with Gasteiger partial charge in [0, 0.05) is 12.5 Å². The van der Waals surface area contributed by atoms with E-state index in [0.717, 1.165) is 5.56 Å². The number of ether oxygens (including phenoxy) is 2. The van der Waals surface area contributed by atoms with Gasteiger partial charge in [-0.15, -0.1) is 0 Å². The van der Waals surface area contributed by atoms with Gasteiger partial charge in [-0.2, -0.15) is 0 Å². The van der Waals surface area contributed by atoms with Crippen LogP contribution in [0.5, 0.6) is 5.75 Å². The van der Waals surface area contributed by atoms with Gasteiger partial charge in [0.15, 0.2) is 11.6 Å². The Bertz CT molecular complexity index is 407. The summed E-state index contributed by atoms with van der Waals surface area (Å²) in [6.07, 6.45) is 0.747. The summed E-state index contributed by atoms with van der Waals surface area (Å²) < 4.78 is 23.3. The number of nitrogens with two attached hydrogens (primary N) is 1. The molecular formula is C13H18FNO3. The molecule has 0 bridgehead atoms. The number of halogens is 1. The average Bonchev–Trinajstić information content (AvgIpc) is 2.35. The van der Waals surface area contributed by atoms with Crippen LogP contribution in [0.1, 0.15) is 31.4 Å². The van der Waals surface area contributed by atoms with Gasteiger partial charge >= 0.3 is 5.97 Å². The van der Waals surface area contributed by atoms with Crippen molar-refractivity contribution in [3.05, 3.63) is 29.6 Å². The average molecular weight is 255 g/mol. The van der Waals surface area contributed by atoms with Crippen LogP contribution in [0.4, 0.5) is 4.39 Å². The second-order valence-electron chi connectivity index (χ2n) is 4.01. The number of hydrogen-bond donors (Lipinski definition) is 1. The monoisotopic (exact) mass is 255 g/mol. The summed E-state index contributed by atoms with van der Waals surface area (Å²) in [5, 5.41) is 0. The Morgan fingerprint density at radius 1 is 1.50 bits per heavy atom. The number of benzene rings is 1. The topological polar surface area (TPSA) is 61.5 Å². The molecule has 0 heterocycles. The second-order valence-corrected chi connectivity index (χ2v) is 4.01. The molecule has 1 aromatic rings. The highest BCUT2D eigenvalue weighted by Gasteiger charge is 2.07. The minimum absolute atomic E-state index is 0.171. The zero-order valence-corrected chi connectivity index (χ0v) is 10.6. The van der Waals surface area contributed by atoms with Crippen LogP contribution in [0.2, 0.25) is 0 Å². The molecule has 0 fully saturated rings. The lowest BCUT2D eigenvalue weighted by Gasteiger charge is -2.10. The summed E-state index contributed by atoms with van der Waals surface area (Å²) in [6, 6.07) is 4.42. The quantitative estimate of drug-likeness (QED) is 0.625. The predicted molar refractivity (Wildman–Crippen MR) is 65.7 cm³/mol. The molecule has 0 saturated heterocycles. The number of esters is 1. The first kappa shape index (κ1) is 14.4. The van der Waals surface area contributed by atoms with Crippen LogP contribution < -0.4 is 10.5 Å². The largest absolute Gasteiger partial charge is 0.491 e. The van der Waals surface area contributed by atoms with Gasteiger partial charge in [-0.25, -0.2) is 4.39 Å². The van der Waals surface area contributed by atoms with E-state index in [1.807, 2.05) is 0 Å². The van der Waals surface area contributed by atoms with Gasteiger partial charge in [0.05, 0.1) is 13.7 Å². The summed E-state index contributed by atoms with van der Waals surface area (Å²) >= 11 is 0. The standard InChI is InChI=1S/C13H18FNO3/c1-9(15)10-5-6-12(11(14)8-10)18-7-3-4-13(16)17-2/h5-6,8-9H,3-4,7,15H2,1-2H3. The Morgan fingerprint density at radius 2 is 2.22 bits per heavy atom. The van der Waals surface area contributed by atoms with Crippen LogP contribution in [0.15, 0.2) is 18.2 Å². The second kappa shape index (κ2) is 6.96. The van der Waals surface area contributed by atoms with Crippen molar-refractivity contribution in [2.75, 3.05) is 13.7 Å². The fourth-order valence-electron chi connectivity index (χ4n) is 1.42. The minimum Gasteiger partial charge on any atom is -0.491 e. The van der Waals surface area contributed by atoms with Gasteiger partial charge in [0.2, 0.25) is 0 Å². The fourth-order valence-corrected chi connectivity index (χ4v) is 1.42. The number of carbonyl (C=O) groups excluding carboxylic acids is 1. The van der Waals surface area contributed by atoms with Gasteiger partial charge in [-0.1, -0.05) is 6.07 Å². The molecule has 1 atom stereocenters.